The summed E-state index contributed by atoms with van der Waals surface area (Å²) in [4.78, 5) is 0. The first-order valence-corrected chi connectivity index (χ1v) is 7.50. The van der Waals surface area contributed by atoms with Gasteiger partial charge in [0.2, 0.25) is 0 Å². The zero-order valence-electron chi connectivity index (χ0n) is 13.1. The monoisotopic (exact) mass is 297 g/mol. The molecule has 2 rings (SSSR count). The van der Waals surface area contributed by atoms with Gasteiger partial charge < -0.3 is 15.2 Å². The van der Waals surface area contributed by atoms with Crippen molar-refractivity contribution in [1.29, 1.82) is 0 Å². The summed E-state index contributed by atoms with van der Waals surface area (Å²) in [5, 5.41) is 13.1. The molecule has 0 aliphatic carbocycles. The van der Waals surface area contributed by atoms with E-state index < -0.39 is 0 Å². The number of benzene rings is 2. The van der Waals surface area contributed by atoms with Crippen molar-refractivity contribution >= 4 is 11.8 Å². The number of rotatable bonds is 7. The molecule has 2 aromatic carbocycles. The Morgan fingerprint density at radius 1 is 1.09 bits per heavy atom. The zero-order chi connectivity index (χ0) is 15.8. The Kier molecular flexibility index (Phi) is 6.04. The highest BCUT2D eigenvalue weighted by Gasteiger charge is 2.11. The molecule has 2 N–H and O–H groups in total. The molecule has 0 bridgehead atoms. The van der Waals surface area contributed by atoms with Crippen LogP contribution in [0.15, 0.2) is 60.7 Å². The lowest BCUT2D eigenvalue weighted by Gasteiger charge is -2.19. The highest BCUT2D eigenvalue weighted by molar-refractivity contribution is 5.58. The van der Waals surface area contributed by atoms with Crippen molar-refractivity contribution in [2.45, 2.75) is 25.5 Å². The number of aliphatic hydroxyl groups excluding tert-OH is 1. The molecule has 116 valence electrons. The average molecular weight is 297 g/mol. The van der Waals surface area contributed by atoms with E-state index in [1.165, 1.54) is 0 Å². The summed E-state index contributed by atoms with van der Waals surface area (Å²) in [6.07, 6.45) is 4.39. The van der Waals surface area contributed by atoms with Gasteiger partial charge in [0.1, 0.15) is 5.75 Å². The van der Waals surface area contributed by atoms with E-state index in [9.17, 15) is 5.11 Å². The summed E-state index contributed by atoms with van der Waals surface area (Å²) < 4.78 is 5.36. The molecular weight excluding hydrogens is 274 g/mol. The zero-order valence-corrected chi connectivity index (χ0v) is 13.1. The summed E-state index contributed by atoms with van der Waals surface area (Å²) in [6, 6.07) is 18.0. The molecule has 0 aromatic heterocycles. The molecule has 0 fully saturated rings. The van der Waals surface area contributed by atoms with Crippen LogP contribution in [0.5, 0.6) is 5.75 Å². The van der Waals surface area contributed by atoms with Crippen molar-refractivity contribution in [2.75, 3.05) is 12.4 Å². The number of methoxy groups -OCH3 is 1. The van der Waals surface area contributed by atoms with E-state index in [0.29, 0.717) is 6.42 Å². The number of aliphatic hydroxyl groups is 1. The first-order chi connectivity index (χ1) is 10.7. The van der Waals surface area contributed by atoms with Crippen molar-refractivity contribution < 1.29 is 9.84 Å². The van der Waals surface area contributed by atoms with Gasteiger partial charge in [0.25, 0.3) is 0 Å². The summed E-state index contributed by atoms with van der Waals surface area (Å²) in [5.74, 6) is 0.797. The lowest BCUT2D eigenvalue weighted by atomic mass is 10.1. The maximum absolute atomic E-state index is 9.72. The van der Waals surface area contributed by atoms with Gasteiger partial charge in [-0.15, -0.1) is 0 Å². The molecule has 0 radical (unpaired) electrons. The fourth-order valence-corrected chi connectivity index (χ4v) is 2.31. The summed E-state index contributed by atoms with van der Waals surface area (Å²) in [5.41, 5.74) is 2.06. The van der Waals surface area contributed by atoms with E-state index >= 15 is 0 Å². The minimum atomic E-state index is -0.382. The molecule has 2 atom stereocenters. The van der Waals surface area contributed by atoms with E-state index in [2.05, 4.69) is 29.6 Å². The maximum Gasteiger partial charge on any atom is 0.141 e. The second-order valence-electron chi connectivity index (χ2n) is 5.31. The first-order valence-electron chi connectivity index (χ1n) is 7.50. The van der Waals surface area contributed by atoms with Crippen molar-refractivity contribution in [1.82, 2.24) is 0 Å². The van der Waals surface area contributed by atoms with Crippen molar-refractivity contribution in [2.24, 2.45) is 0 Å². The Balaban J connectivity index is 2.14. The van der Waals surface area contributed by atoms with Crippen LogP contribution in [0.4, 0.5) is 5.69 Å². The van der Waals surface area contributed by atoms with Gasteiger partial charge in [0, 0.05) is 6.04 Å². The van der Waals surface area contributed by atoms with Gasteiger partial charge in [-0.3, -0.25) is 0 Å². The smallest absolute Gasteiger partial charge is 0.141 e. The number of anilines is 1. The lowest BCUT2D eigenvalue weighted by molar-refractivity contribution is 0.182. The lowest BCUT2D eigenvalue weighted by Crippen LogP contribution is -2.22. The van der Waals surface area contributed by atoms with E-state index in [1.807, 2.05) is 42.5 Å². The predicted octanol–water partition coefficient (Wildman–Crippen LogP) is 3.96. The van der Waals surface area contributed by atoms with Crippen molar-refractivity contribution in [3.05, 3.63) is 66.2 Å². The highest BCUT2D eigenvalue weighted by Crippen LogP contribution is 2.25. The Labute approximate surface area is 132 Å². The van der Waals surface area contributed by atoms with E-state index in [-0.39, 0.29) is 12.1 Å². The van der Waals surface area contributed by atoms with Gasteiger partial charge in [-0.1, -0.05) is 54.6 Å². The van der Waals surface area contributed by atoms with Crippen LogP contribution in [0.2, 0.25) is 0 Å². The second-order valence-corrected chi connectivity index (χ2v) is 5.31. The van der Waals surface area contributed by atoms with Crippen LogP contribution < -0.4 is 10.1 Å². The van der Waals surface area contributed by atoms with Gasteiger partial charge in [0.15, 0.2) is 0 Å². The van der Waals surface area contributed by atoms with Crippen molar-refractivity contribution in [3.63, 3.8) is 0 Å². The fraction of sp³-hybridized carbons (Fsp3) is 0.263. The van der Waals surface area contributed by atoms with Crippen LogP contribution in [0.1, 0.15) is 18.9 Å². The Bertz CT molecular complexity index is 593. The third-order valence-corrected chi connectivity index (χ3v) is 3.36. The standard InChI is InChI=1S/C19H23NO2/c1-15(21)14-17(13-12-16-8-4-3-5-9-16)20-18-10-6-7-11-19(18)22-2/h3-13,15,17,20-21H,14H2,1-2H3/b13-12+/t15-,17-/m1/s1. The molecule has 0 saturated heterocycles. The maximum atomic E-state index is 9.72. The van der Waals surface area contributed by atoms with Gasteiger partial charge in [-0.25, -0.2) is 0 Å². The largest absolute Gasteiger partial charge is 0.495 e. The molecule has 0 amide bonds. The molecule has 0 aliphatic heterocycles. The molecule has 22 heavy (non-hydrogen) atoms. The van der Waals surface area contributed by atoms with Crippen LogP contribution in [0.3, 0.4) is 0 Å². The van der Waals surface area contributed by atoms with Crippen LogP contribution in [-0.2, 0) is 0 Å². The topological polar surface area (TPSA) is 41.5 Å². The number of hydrogen-bond donors (Lipinski definition) is 2. The normalized spacial score (nSPS) is 13.8. The molecule has 3 heteroatoms. The van der Waals surface area contributed by atoms with Crippen molar-refractivity contribution in [3.8, 4) is 5.75 Å². The number of para-hydroxylation sites is 2. The molecule has 0 aliphatic rings. The Morgan fingerprint density at radius 2 is 1.77 bits per heavy atom. The Morgan fingerprint density at radius 3 is 2.45 bits per heavy atom. The van der Waals surface area contributed by atoms with E-state index in [4.69, 9.17) is 4.74 Å². The predicted molar refractivity (Wildman–Crippen MR) is 92.2 cm³/mol. The summed E-state index contributed by atoms with van der Waals surface area (Å²) in [7, 11) is 1.66. The first kappa shape index (κ1) is 16.1. The highest BCUT2D eigenvalue weighted by atomic mass is 16.5. The van der Waals surface area contributed by atoms with Crippen LogP contribution in [0, 0.1) is 0 Å². The number of ether oxygens (including phenoxy) is 1. The SMILES string of the molecule is COc1ccccc1N[C@H](/C=C/c1ccccc1)C[C@@H](C)O. The summed E-state index contributed by atoms with van der Waals surface area (Å²) >= 11 is 0. The van der Waals surface area contributed by atoms with Gasteiger partial charge in [-0.05, 0) is 31.0 Å². The minimum absolute atomic E-state index is 0.0245. The molecule has 0 unspecified atom stereocenters. The van der Waals surface area contributed by atoms with Gasteiger partial charge in [-0.2, -0.15) is 0 Å². The fourth-order valence-electron chi connectivity index (χ4n) is 2.31. The summed E-state index contributed by atoms with van der Waals surface area (Å²) in [6.45, 7) is 1.80. The molecule has 3 nitrogen and oxygen atoms in total. The number of hydrogen-bond acceptors (Lipinski definition) is 3. The second kappa shape index (κ2) is 8.25. The third-order valence-electron chi connectivity index (χ3n) is 3.36. The number of nitrogens with one attached hydrogen (secondary N) is 1. The molecular formula is C19H23NO2. The van der Waals surface area contributed by atoms with E-state index in [0.717, 1.165) is 17.0 Å². The average Bonchev–Trinajstić information content (AvgIpc) is 2.53. The molecule has 0 spiro atoms. The van der Waals surface area contributed by atoms with E-state index in [1.54, 1.807) is 14.0 Å². The van der Waals surface area contributed by atoms with Crippen LogP contribution in [-0.4, -0.2) is 24.4 Å². The molecule has 2 aromatic rings. The third kappa shape index (κ3) is 4.93. The minimum Gasteiger partial charge on any atom is -0.495 e. The quantitative estimate of drug-likeness (QED) is 0.813. The van der Waals surface area contributed by atoms with Crippen LogP contribution >= 0.6 is 0 Å². The molecule has 0 saturated carbocycles. The van der Waals surface area contributed by atoms with Gasteiger partial charge in [0.05, 0.1) is 18.9 Å². The Hall–Kier alpha value is -2.26. The van der Waals surface area contributed by atoms with Crippen LogP contribution in [0.25, 0.3) is 6.08 Å². The molecule has 0 heterocycles. The van der Waals surface area contributed by atoms with Gasteiger partial charge >= 0.3 is 0 Å².